The largest absolute Gasteiger partial charge is 0.466 e. The molecule has 0 spiro atoms. The Labute approximate surface area is 247 Å². The summed E-state index contributed by atoms with van der Waals surface area (Å²) in [6, 6.07) is 37.7. The highest BCUT2D eigenvalue weighted by molar-refractivity contribution is 7.59. The quantitative estimate of drug-likeness (QED) is 0.122. The standard InChI is InChI=1S/C34H36NO6P/c1-2-39-32(36)23-24-42(38,41-33(29-19-11-5-12-20-29)30-21-13-6-14-22-30)31(25-27-15-7-3-8-16-27)35-34(37)40-26-28-17-9-4-10-18-28/h3-22,31,33H,2,23-26H2,1H3,(H,35,37). The summed E-state index contributed by atoms with van der Waals surface area (Å²) in [6.45, 7) is 1.98. The van der Waals surface area contributed by atoms with E-state index in [-0.39, 0.29) is 32.2 Å². The van der Waals surface area contributed by atoms with Crippen molar-refractivity contribution in [2.45, 2.75) is 38.3 Å². The second kappa shape index (κ2) is 15.7. The number of rotatable bonds is 14. The zero-order valence-electron chi connectivity index (χ0n) is 23.6. The Morgan fingerprint density at radius 2 is 1.21 bits per heavy atom. The summed E-state index contributed by atoms with van der Waals surface area (Å²) in [4.78, 5) is 25.6. The average molecular weight is 586 g/mol. The van der Waals surface area contributed by atoms with E-state index in [1.165, 1.54) is 0 Å². The predicted molar refractivity (Wildman–Crippen MR) is 163 cm³/mol. The van der Waals surface area contributed by atoms with Crippen LogP contribution in [0.25, 0.3) is 0 Å². The lowest BCUT2D eigenvalue weighted by Gasteiger charge is -2.32. The first-order valence-corrected chi connectivity index (χ1v) is 15.9. The van der Waals surface area contributed by atoms with Crippen molar-refractivity contribution in [1.82, 2.24) is 5.32 Å². The van der Waals surface area contributed by atoms with Crippen molar-refractivity contribution in [1.29, 1.82) is 0 Å². The lowest BCUT2D eigenvalue weighted by atomic mass is 10.0. The Hall–Kier alpha value is -4.19. The molecule has 7 nitrogen and oxygen atoms in total. The molecule has 0 heterocycles. The molecule has 0 radical (unpaired) electrons. The van der Waals surface area contributed by atoms with Crippen molar-refractivity contribution < 1.29 is 28.2 Å². The number of ether oxygens (including phenoxy) is 2. The van der Waals surface area contributed by atoms with Crippen LogP contribution in [0, 0.1) is 0 Å². The molecule has 8 heteroatoms. The maximum absolute atomic E-state index is 15.1. The zero-order chi connectivity index (χ0) is 29.6. The van der Waals surface area contributed by atoms with Crippen LogP contribution in [0.1, 0.15) is 41.7 Å². The van der Waals surface area contributed by atoms with Crippen LogP contribution >= 0.6 is 7.37 Å². The molecule has 2 unspecified atom stereocenters. The molecular weight excluding hydrogens is 549 g/mol. The number of carbonyl (C=O) groups excluding carboxylic acids is 2. The minimum absolute atomic E-state index is 0.0510. The van der Waals surface area contributed by atoms with Gasteiger partial charge in [0.15, 0.2) is 0 Å². The van der Waals surface area contributed by atoms with Crippen molar-refractivity contribution in [2.24, 2.45) is 0 Å². The minimum atomic E-state index is -3.82. The molecule has 2 atom stereocenters. The van der Waals surface area contributed by atoms with Gasteiger partial charge in [0.25, 0.3) is 0 Å². The highest BCUT2D eigenvalue weighted by atomic mass is 31.2. The molecule has 4 aromatic carbocycles. The molecule has 4 aromatic rings. The number of benzene rings is 4. The van der Waals surface area contributed by atoms with Crippen molar-refractivity contribution in [3.8, 4) is 0 Å². The number of alkyl carbamates (subject to hydrolysis) is 1. The van der Waals surface area contributed by atoms with Crippen LogP contribution in [0.2, 0.25) is 0 Å². The van der Waals surface area contributed by atoms with Gasteiger partial charge in [-0.1, -0.05) is 121 Å². The maximum Gasteiger partial charge on any atom is 0.408 e. The van der Waals surface area contributed by atoms with E-state index in [0.29, 0.717) is 0 Å². The van der Waals surface area contributed by atoms with Crippen LogP contribution in [0.15, 0.2) is 121 Å². The molecule has 4 rings (SSSR count). The third-order valence-electron chi connectivity index (χ3n) is 6.67. The number of nitrogens with one attached hydrogen (secondary N) is 1. The van der Waals surface area contributed by atoms with E-state index < -0.39 is 31.3 Å². The molecule has 0 bridgehead atoms. The second-order valence-electron chi connectivity index (χ2n) is 9.72. The molecule has 0 aliphatic carbocycles. The number of esters is 1. The molecule has 218 valence electrons. The topological polar surface area (TPSA) is 90.9 Å². The lowest BCUT2D eigenvalue weighted by Crippen LogP contribution is -2.38. The summed E-state index contributed by atoms with van der Waals surface area (Å²) in [6.07, 6.45) is -1.49. The number of carbonyl (C=O) groups is 2. The highest BCUT2D eigenvalue weighted by Gasteiger charge is 2.39. The van der Waals surface area contributed by atoms with Gasteiger partial charge in [0, 0.05) is 12.6 Å². The number of hydrogen-bond acceptors (Lipinski definition) is 6. The van der Waals surface area contributed by atoms with Gasteiger partial charge in [-0.05, 0) is 29.2 Å². The second-order valence-corrected chi connectivity index (χ2v) is 12.5. The summed E-state index contributed by atoms with van der Waals surface area (Å²) < 4.78 is 32.4. The van der Waals surface area contributed by atoms with Gasteiger partial charge in [-0.15, -0.1) is 0 Å². The van der Waals surface area contributed by atoms with E-state index in [4.69, 9.17) is 14.0 Å². The zero-order valence-corrected chi connectivity index (χ0v) is 24.5. The third kappa shape index (κ3) is 9.16. The third-order valence-corrected chi connectivity index (χ3v) is 9.34. The number of hydrogen-bond donors (Lipinski definition) is 1. The maximum atomic E-state index is 15.1. The van der Waals surface area contributed by atoms with Gasteiger partial charge in [-0.3, -0.25) is 9.36 Å². The summed E-state index contributed by atoms with van der Waals surface area (Å²) in [5.41, 5.74) is 3.26. The monoisotopic (exact) mass is 585 g/mol. The van der Waals surface area contributed by atoms with E-state index in [0.717, 1.165) is 22.3 Å². The van der Waals surface area contributed by atoms with E-state index in [2.05, 4.69) is 5.32 Å². The molecule has 0 aliphatic rings. The van der Waals surface area contributed by atoms with E-state index in [1.54, 1.807) is 6.92 Å². The van der Waals surface area contributed by atoms with Crippen LogP contribution in [-0.4, -0.2) is 30.6 Å². The summed E-state index contributed by atoms with van der Waals surface area (Å²) in [5, 5.41) is 2.84. The predicted octanol–water partition coefficient (Wildman–Crippen LogP) is 7.52. The molecule has 0 fully saturated rings. The Kier molecular flexibility index (Phi) is 11.5. The summed E-state index contributed by atoms with van der Waals surface area (Å²) in [7, 11) is -3.82. The van der Waals surface area contributed by atoms with Crippen LogP contribution in [0.4, 0.5) is 4.79 Å². The molecule has 42 heavy (non-hydrogen) atoms. The van der Waals surface area contributed by atoms with Crippen LogP contribution < -0.4 is 5.32 Å². The molecule has 1 amide bonds. The molecule has 0 saturated carbocycles. The van der Waals surface area contributed by atoms with Crippen LogP contribution in [-0.2, 0) is 36.4 Å². The van der Waals surface area contributed by atoms with E-state index in [9.17, 15) is 9.59 Å². The highest BCUT2D eigenvalue weighted by Crippen LogP contribution is 2.57. The van der Waals surface area contributed by atoms with E-state index in [1.807, 2.05) is 121 Å². The number of amides is 1. The van der Waals surface area contributed by atoms with Gasteiger partial charge in [-0.25, -0.2) is 4.79 Å². The van der Waals surface area contributed by atoms with Gasteiger partial charge in [-0.2, -0.15) is 0 Å². The van der Waals surface area contributed by atoms with Crippen molar-refractivity contribution >= 4 is 19.4 Å². The van der Waals surface area contributed by atoms with Gasteiger partial charge in [0.1, 0.15) is 18.5 Å². The normalized spacial score (nSPS) is 13.1. The molecule has 0 aromatic heterocycles. The first kappa shape index (κ1) is 30.8. The van der Waals surface area contributed by atoms with Crippen molar-refractivity contribution in [3.05, 3.63) is 144 Å². The Morgan fingerprint density at radius 3 is 1.74 bits per heavy atom. The first-order chi connectivity index (χ1) is 20.5. The summed E-state index contributed by atoms with van der Waals surface area (Å²) in [5.74, 6) is -1.46. The Bertz CT molecular complexity index is 1390. The fourth-order valence-corrected chi connectivity index (χ4v) is 6.99. The molecular formula is C34H36NO6P. The Balaban J connectivity index is 1.69. The van der Waals surface area contributed by atoms with Crippen LogP contribution in [0.3, 0.4) is 0 Å². The van der Waals surface area contributed by atoms with Crippen molar-refractivity contribution in [3.63, 3.8) is 0 Å². The average Bonchev–Trinajstić information content (AvgIpc) is 3.03. The van der Waals surface area contributed by atoms with Gasteiger partial charge in [0.2, 0.25) is 7.37 Å². The SMILES string of the molecule is CCOC(=O)CCP(=O)(OC(c1ccccc1)c1ccccc1)C(Cc1ccccc1)NC(=O)OCc1ccccc1. The molecule has 1 N–H and O–H groups in total. The van der Waals surface area contributed by atoms with Crippen molar-refractivity contribution in [2.75, 3.05) is 12.8 Å². The minimum Gasteiger partial charge on any atom is -0.466 e. The van der Waals surface area contributed by atoms with Gasteiger partial charge < -0.3 is 19.3 Å². The fraction of sp³-hybridized carbons (Fsp3) is 0.235. The first-order valence-electron chi connectivity index (χ1n) is 14.0. The van der Waals surface area contributed by atoms with E-state index >= 15 is 4.57 Å². The lowest BCUT2D eigenvalue weighted by molar-refractivity contribution is -0.142. The smallest absolute Gasteiger partial charge is 0.408 e. The molecule has 0 aliphatic heterocycles. The van der Waals surface area contributed by atoms with Gasteiger partial charge >= 0.3 is 12.1 Å². The van der Waals surface area contributed by atoms with Crippen LogP contribution in [0.5, 0.6) is 0 Å². The van der Waals surface area contributed by atoms with Gasteiger partial charge in [0.05, 0.1) is 13.0 Å². The summed E-state index contributed by atoms with van der Waals surface area (Å²) >= 11 is 0. The fourth-order valence-electron chi connectivity index (χ4n) is 4.54. The Morgan fingerprint density at radius 1 is 0.714 bits per heavy atom. The molecule has 0 saturated heterocycles.